The van der Waals surface area contributed by atoms with Gasteiger partial charge >= 0.3 is 0 Å². The van der Waals surface area contributed by atoms with E-state index in [-0.39, 0.29) is 16.9 Å². The standard InChI is InChI=1S/C18H20N2O4S/c1-13(2)24-16-5-3-4-14(12-16)6-11-18(21)20-15-7-9-17(10-8-15)25(19,22)23/h3-13H,1-2H3,(H,20,21)(H2,19,22,23)/b11-6+. The van der Waals surface area contributed by atoms with Crippen LogP contribution in [0.25, 0.3) is 6.08 Å². The summed E-state index contributed by atoms with van der Waals surface area (Å²) in [5.41, 5.74) is 1.30. The van der Waals surface area contributed by atoms with E-state index in [4.69, 9.17) is 9.88 Å². The number of rotatable bonds is 6. The Bertz CT molecular complexity index is 872. The number of carbonyl (C=O) groups is 1. The molecule has 0 saturated heterocycles. The van der Waals surface area contributed by atoms with Crippen LogP contribution in [0.15, 0.2) is 59.5 Å². The van der Waals surface area contributed by atoms with Crippen LogP contribution in [0.1, 0.15) is 19.4 Å². The number of ether oxygens (including phenoxy) is 1. The number of hydrogen-bond acceptors (Lipinski definition) is 4. The Balaban J connectivity index is 2.01. The maximum atomic E-state index is 12.0. The van der Waals surface area contributed by atoms with Gasteiger partial charge in [0, 0.05) is 11.8 Å². The van der Waals surface area contributed by atoms with Gasteiger partial charge in [-0.3, -0.25) is 4.79 Å². The van der Waals surface area contributed by atoms with Gasteiger partial charge in [0.25, 0.3) is 0 Å². The maximum absolute atomic E-state index is 12.0. The second kappa shape index (κ2) is 7.96. The summed E-state index contributed by atoms with van der Waals surface area (Å²) < 4.78 is 28.0. The van der Waals surface area contributed by atoms with Crippen molar-refractivity contribution in [2.45, 2.75) is 24.8 Å². The Hall–Kier alpha value is -2.64. The minimum Gasteiger partial charge on any atom is -0.491 e. The molecule has 0 aromatic heterocycles. The molecule has 132 valence electrons. The van der Waals surface area contributed by atoms with Gasteiger partial charge in [-0.1, -0.05) is 12.1 Å². The van der Waals surface area contributed by atoms with E-state index in [2.05, 4.69) is 5.32 Å². The van der Waals surface area contributed by atoms with Crippen molar-refractivity contribution < 1.29 is 17.9 Å². The quantitative estimate of drug-likeness (QED) is 0.774. The van der Waals surface area contributed by atoms with Crippen LogP contribution >= 0.6 is 0 Å². The van der Waals surface area contributed by atoms with Crippen molar-refractivity contribution in [2.24, 2.45) is 5.14 Å². The van der Waals surface area contributed by atoms with Gasteiger partial charge in [0.15, 0.2) is 0 Å². The van der Waals surface area contributed by atoms with Gasteiger partial charge < -0.3 is 10.1 Å². The van der Waals surface area contributed by atoms with Crippen LogP contribution in [-0.2, 0) is 14.8 Å². The van der Waals surface area contributed by atoms with Crippen LogP contribution < -0.4 is 15.2 Å². The monoisotopic (exact) mass is 360 g/mol. The van der Waals surface area contributed by atoms with Gasteiger partial charge in [-0.05, 0) is 61.9 Å². The molecule has 3 N–H and O–H groups in total. The average Bonchev–Trinajstić information content (AvgIpc) is 2.52. The van der Waals surface area contributed by atoms with Crippen molar-refractivity contribution in [3.63, 3.8) is 0 Å². The number of primary sulfonamides is 1. The predicted octanol–water partition coefficient (Wildman–Crippen LogP) is 2.77. The molecule has 0 unspecified atom stereocenters. The number of benzene rings is 2. The van der Waals surface area contributed by atoms with Crippen LogP contribution in [0.3, 0.4) is 0 Å². The second-order valence-corrected chi connectivity index (χ2v) is 7.19. The number of amides is 1. The molecular formula is C18H20N2O4S. The zero-order valence-corrected chi connectivity index (χ0v) is 14.8. The van der Waals surface area contributed by atoms with E-state index in [9.17, 15) is 13.2 Å². The van der Waals surface area contributed by atoms with Crippen LogP contribution in [-0.4, -0.2) is 20.4 Å². The zero-order valence-electron chi connectivity index (χ0n) is 14.0. The largest absolute Gasteiger partial charge is 0.491 e. The topological polar surface area (TPSA) is 98.5 Å². The molecule has 0 bridgehead atoms. The average molecular weight is 360 g/mol. The van der Waals surface area contributed by atoms with E-state index in [0.717, 1.165) is 11.3 Å². The molecule has 0 aliphatic carbocycles. The van der Waals surface area contributed by atoms with E-state index in [1.807, 2.05) is 38.1 Å². The Labute approximate surface area is 147 Å². The molecule has 2 rings (SSSR count). The van der Waals surface area contributed by atoms with E-state index < -0.39 is 10.0 Å². The summed E-state index contributed by atoms with van der Waals surface area (Å²) in [6.45, 7) is 3.88. The van der Waals surface area contributed by atoms with E-state index in [0.29, 0.717) is 5.69 Å². The minimum absolute atomic E-state index is 0.0111. The Morgan fingerprint density at radius 1 is 1.16 bits per heavy atom. The molecule has 0 radical (unpaired) electrons. The normalized spacial score (nSPS) is 11.7. The molecule has 0 saturated carbocycles. The summed E-state index contributed by atoms with van der Waals surface area (Å²) in [6.07, 6.45) is 3.13. The summed E-state index contributed by atoms with van der Waals surface area (Å²) in [4.78, 5) is 11.9. The number of nitrogens with one attached hydrogen (secondary N) is 1. The first kappa shape index (κ1) is 18.7. The molecule has 0 atom stereocenters. The highest BCUT2D eigenvalue weighted by atomic mass is 32.2. The van der Waals surface area contributed by atoms with Crippen molar-refractivity contribution in [1.29, 1.82) is 0 Å². The highest BCUT2D eigenvalue weighted by molar-refractivity contribution is 7.89. The Morgan fingerprint density at radius 2 is 1.84 bits per heavy atom. The van der Waals surface area contributed by atoms with Gasteiger partial charge in [0.2, 0.25) is 15.9 Å². The third kappa shape index (κ3) is 6.06. The van der Waals surface area contributed by atoms with Crippen molar-refractivity contribution in [3.8, 4) is 5.75 Å². The van der Waals surface area contributed by atoms with Crippen LogP contribution in [0.5, 0.6) is 5.75 Å². The second-order valence-electron chi connectivity index (χ2n) is 5.63. The van der Waals surface area contributed by atoms with Crippen molar-refractivity contribution in [3.05, 3.63) is 60.2 Å². The molecule has 0 heterocycles. The lowest BCUT2D eigenvalue weighted by Crippen LogP contribution is -2.12. The van der Waals surface area contributed by atoms with Gasteiger partial charge in [-0.15, -0.1) is 0 Å². The molecule has 6 nitrogen and oxygen atoms in total. The minimum atomic E-state index is -3.75. The first-order chi connectivity index (χ1) is 11.7. The fourth-order valence-electron chi connectivity index (χ4n) is 2.05. The van der Waals surface area contributed by atoms with Crippen LogP contribution in [0.2, 0.25) is 0 Å². The first-order valence-electron chi connectivity index (χ1n) is 7.63. The van der Waals surface area contributed by atoms with Crippen LogP contribution in [0.4, 0.5) is 5.69 Å². The fraction of sp³-hybridized carbons (Fsp3) is 0.167. The smallest absolute Gasteiger partial charge is 0.248 e. The molecule has 7 heteroatoms. The first-order valence-corrected chi connectivity index (χ1v) is 9.17. The number of carbonyl (C=O) groups excluding carboxylic acids is 1. The van der Waals surface area contributed by atoms with Gasteiger partial charge in [0.05, 0.1) is 11.0 Å². The third-order valence-electron chi connectivity index (χ3n) is 3.11. The molecule has 25 heavy (non-hydrogen) atoms. The zero-order chi connectivity index (χ0) is 18.4. The molecule has 2 aromatic carbocycles. The number of anilines is 1. The SMILES string of the molecule is CC(C)Oc1cccc(/C=C/C(=O)Nc2ccc(S(N)(=O)=O)cc2)c1. The fourth-order valence-corrected chi connectivity index (χ4v) is 2.56. The summed E-state index contributed by atoms with van der Waals surface area (Å²) >= 11 is 0. The molecule has 0 aliphatic heterocycles. The van der Waals surface area contributed by atoms with Gasteiger partial charge in [-0.25, -0.2) is 13.6 Å². The maximum Gasteiger partial charge on any atom is 0.248 e. The van der Waals surface area contributed by atoms with Crippen molar-refractivity contribution in [1.82, 2.24) is 0 Å². The number of sulfonamides is 1. The Kier molecular flexibility index (Phi) is 5.95. The highest BCUT2D eigenvalue weighted by Gasteiger charge is 2.07. The number of nitrogens with two attached hydrogens (primary N) is 1. The summed E-state index contributed by atoms with van der Waals surface area (Å²) in [7, 11) is -3.75. The van der Waals surface area contributed by atoms with E-state index in [1.165, 1.54) is 30.3 Å². The highest BCUT2D eigenvalue weighted by Crippen LogP contribution is 2.16. The lowest BCUT2D eigenvalue weighted by molar-refractivity contribution is -0.111. The molecule has 2 aromatic rings. The molecule has 0 fully saturated rings. The third-order valence-corrected chi connectivity index (χ3v) is 4.04. The van der Waals surface area contributed by atoms with Gasteiger partial charge in [-0.2, -0.15) is 0 Å². The summed E-state index contributed by atoms with van der Waals surface area (Å²) in [6, 6.07) is 13.0. The van der Waals surface area contributed by atoms with Crippen molar-refractivity contribution in [2.75, 3.05) is 5.32 Å². The lowest BCUT2D eigenvalue weighted by atomic mass is 10.2. The Morgan fingerprint density at radius 3 is 2.44 bits per heavy atom. The van der Waals surface area contributed by atoms with Crippen LogP contribution in [0, 0.1) is 0 Å². The van der Waals surface area contributed by atoms with E-state index in [1.54, 1.807) is 6.08 Å². The van der Waals surface area contributed by atoms with E-state index >= 15 is 0 Å². The molecular weight excluding hydrogens is 340 g/mol. The molecule has 0 spiro atoms. The summed E-state index contributed by atoms with van der Waals surface area (Å²) in [5, 5.41) is 7.67. The lowest BCUT2D eigenvalue weighted by Gasteiger charge is -2.09. The predicted molar refractivity (Wildman–Crippen MR) is 97.7 cm³/mol. The number of hydrogen-bond donors (Lipinski definition) is 2. The molecule has 1 amide bonds. The van der Waals surface area contributed by atoms with Crippen molar-refractivity contribution >= 4 is 27.7 Å². The summed E-state index contributed by atoms with van der Waals surface area (Å²) in [5.74, 6) is 0.398. The van der Waals surface area contributed by atoms with Gasteiger partial charge in [0.1, 0.15) is 5.75 Å². The molecule has 0 aliphatic rings.